The molecule has 4 saturated carbocycles. The second-order valence-corrected chi connectivity index (χ2v) is 21.6. The first-order valence-corrected chi connectivity index (χ1v) is 30.1. The Morgan fingerprint density at radius 3 is 0.779 bits per heavy atom. The van der Waals surface area contributed by atoms with Crippen molar-refractivity contribution in [2.45, 2.75) is 165 Å². The standard InChI is InChI=1S/2C19H27N2.2C12H8N.C4H8O.ClH.2Cu.Na/c2*1-3-9-16(10-4-1)20-15-21(17-11-5-2-6-12-17)19-14-8-7-13-18(19)20;2*1-3-7-11-9(5-1)10-6-2-4-8-12(10)13-11;1-2-4-5-3-1;;;;/h2*7-8,13-17H,1-6,9-12H2;2*1-8H;1-4H2;1H;;;/q4*-1;;;2*+2;+1/p-1. The Bertz CT molecular complexity index is 2580. The van der Waals surface area contributed by atoms with E-state index in [1.807, 2.05) is 24.3 Å². The molecule has 1 saturated heterocycles. The Hall–Kier alpha value is -3.59. The number of hydrogen-bond donors (Lipinski definition) is 0. The number of ether oxygens (including phenoxy) is 1. The molecule has 5 fully saturated rings. The van der Waals surface area contributed by atoms with Gasteiger partial charge in [-0.15, -0.1) is 22.1 Å². The van der Waals surface area contributed by atoms with E-state index < -0.39 is 0 Å². The van der Waals surface area contributed by atoms with E-state index in [4.69, 9.17) is 4.74 Å². The molecule has 0 spiro atoms. The van der Waals surface area contributed by atoms with Gasteiger partial charge >= 0.3 is 71.8 Å². The van der Waals surface area contributed by atoms with Crippen molar-refractivity contribution in [2.24, 2.45) is 0 Å². The molecule has 3 aliphatic heterocycles. The van der Waals surface area contributed by atoms with Gasteiger partial charge in [0.2, 0.25) is 0 Å². The molecule has 11 heteroatoms. The summed E-state index contributed by atoms with van der Waals surface area (Å²) in [6.45, 7) is 6.91. The molecular weight excluding hydrogens is 1080 g/mol. The molecule has 77 heavy (non-hydrogen) atoms. The van der Waals surface area contributed by atoms with Gasteiger partial charge in [-0.1, -0.05) is 198 Å². The minimum absolute atomic E-state index is 0. The van der Waals surface area contributed by atoms with Crippen molar-refractivity contribution < 1.29 is 66.5 Å². The molecule has 1 radical (unpaired) electrons. The van der Waals surface area contributed by atoms with Gasteiger partial charge in [0.05, 0.1) is 0 Å². The van der Waals surface area contributed by atoms with E-state index in [0.717, 1.165) is 59.4 Å². The number of aromatic nitrogens is 2. The van der Waals surface area contributed by atoms with Gasteiger partial charge in [0.1, 0.15) is 0 Å². The van der Waals surface area contributed by atoms with Crippen molar-refractivity contribution in [1.82, 2.24) is 9.97 Å². The molecule has 4 aliphatic carbocycles. The Labute approximate surface area is 505 Å². The molecule has 0 amide bonds. The molecule has 2 aromatic heterocycles. The van der Waals surface area contributed by atoms with Gasteiger partial charge in [0.15, 0.2) is 0 Å². The number of halogens is 1. The predicted octanol–water partition coefficient (Wildman–Crippen LogP) is 14.6. The molecule has 15 rings (SSSR count). The summed E-state index contributed by atoms with van der Waals surface area (Å²) >= 11 is 3.66. The third kappa shape index (κ3) is 14.9. The third-order valence-corrected chi connectivity index (χ3v) is 16.8. The van der Waals surface area contributed by atoms with Crippen LogP contribution in [0.3, 0.4) is 0 Å². The van der Waals surface area contributed by atoms with Crippen molar-refractivity contribution in [3.8, 4) is 0 Å². The molecule has 7 aliphatic rings. The molecule has 0 bridgehead atoms. The summed E-state index contributed by atoms with van der Waals surface area (Å²) in [4.78, 5) is 19.4. The van der Waals surface area contributed by atoms with Crippen molar-refractivity contribution in [3.05, 3.63) is 159 Å². The maximum Gasteiger partial charge on any atom is 2.00 e. The molecular formula is C66H78ClCu2N6NaO. The molecule has 0 atom stereocenters. The number of anilines is 4. The van der Waals surface area contributed by atoms with Crippen molar-refractivity contribution in [2.75, 3.05) is 32.8 Å². The maximum absolute atomic E-state index is 4.94. The van der Waals surface area contributed by atoms with E-state index in [9.17, 15) is 0 Å². The van der Waals surface area contributed by atoms with E-state index in [1.54, 1.807) is 0 Å². The Morgan fingerprint density at radius 1 is 0.338 bits per heavy atom. The van der Waals surface area contributed by atoms with E-state index in [-0.39, 0.29) is 46.6 Å². The number of rotatable bonds is 4. The Balaban J connectivity index is 0.000000131. The minimum atomic E-state index is 0. The fourth-order valence-electron chi connectivity index (χ4n) is 12.9. The van der Waals surface area contributed by atoms with Crippen LogP contribution in [0.2, 0.25) is 0 Å². The normalized spacial score (nSPS) is 18.7. The number of para-hydroxylation sites is 8. The maximum atomic E-state index is 4.94. The van der Waals surface area contributed by atoms with Crippen LogP contribution in [0, 0.1) is 13.3 Å². The fraction of sp³-hybridized carbons (Fsp3) is 0.424. The van der Waals surface area contributed by atoms with Crippen LogP contribution in [0.25, 0.3) is 43.6 Å². The minimum Gasteiger partial charge on any atom is -0.657 e. The van der Waals surface area contributed by atoms with Gasteiger partial charge in [-0.25, -0.2) is 0 Å². The monoisotopic (exact) mass is 1150 g/mol. The molecule has 7 nitrogen and oxygen atoms in total. The summed E-state index contributed by atoms with van der Waals surface area (Å²) in [7, 11) is 4.20. The first-order chi connectivity index (χ1) is 37.3. The van der Waals surface area contributed by atoms with Crippen LogP contribution in [-0.2, 0) is 36.9 Å². The zero-order chi connectivity index (χ0) is 51.0. The third-order valence-electron chi connectivity index (χ3n) is 16.8. The molecule has 5 heterocycles. The summed E-state index contributed by atoms with van der Waals surface area (Å²) in [5.41, 5.74) is 10.2. The zero-order valence-electron chi connectivity index (χ0n) is 45.4. The summed E-state index contributed by atoms with van der Waals surface area (Å²) < 4.78 is 4.94. The second kappa shape index (κ2) is 30.8. The van der Waals surface area contributed by atoms with Gasteiger partial charge in [0, 0.05) is 60.1 Å². The largest absolute Gasteiger partial charge is 2.00 e. The first kappa shape index (κ1) is 59.5. The number of benzene rings is 6. The number of fused-ring (bicyclic) bond motifs is 8. The molecule has 0 N–H and O–H groups in total. The predicted molar refractivity (Wildman–Crippen MR) is 314 cm³/mol. The number of nitrogens with zero attached hydrogens (tertiary/aromatic N) is 6. The average Bonchev–Trinajstić information content (AvgIpc) is 4.39. The first-order valence-electron chi connectivity index (χ1n) is 28.8. The van der Waals surface area contributed by atoms with Gasteiger partial charge < -0.3 is 34.3 Å². The smallest absolute Gasteiger partial charge is 0.657 e. The van der Waals surface area contributed by atoms with E-state index >= 15 is 0 Å². The van der Waals surface area contributed by atoms with Crippen molar-refractivity contribution in [3.63, 3.8) is 0 Å². The van der Waals surface area contributed by atoms with E-state index in [0.29, 0.717) is 0 Å². The van der Waals surface area contributed by atoms with Crippen molar-refractivity contribution >= 4 is 76.5 Å². The summed E-state index contributed by atoms with van der Waals surface area (Å²) in [5, 5.41) is 4.99. The van der Waals surface area contributed by atoms with E-state index in [2.05, 4.69) is 189 Å². The zero-order valence-corrected chi connectivity index (χ0v) is 50.0. The summed E-state index contributed by atoms with van der Waals surface area (Å²) in [5.74, 6) is 0. The fourth-order valence-corrected chi connectivity index (χ4v) is 12.9. The topological polar surface area (TPSA) is 50.4 Å². The summed E-state index contributed by atoms with van der Waals surface area (Å²) in [6, 6.07) is 54.0. The van der Waals surface area contributed by atoms with Crippen LogP contribution >= 0.6 is 10.1 Å². The second-order valence-electron chi connectivity index (χ2n) is 21.6. The van der Waals surface area contributed by atoms with Gasteiger partial charge in [0.25, 0.3) is 0 Å². The van der Waals surface area contributed by atoms with E-state index in [1.165, 1.54) is 186 Å². The van der Waals surface area contributed by atoms with Gasteiger partial charge in [-0.3, -0.25) is 0 Å². The van der Waals surface area contributed by atoms with Crippen molar-refractivity contribution in [1.29, 1.82) is 0 Å². The SMILES string of the molecule is C1CCOC1.[Cl][Cu+].[Cu+2].[Na+].c1ccc2c(c1)N(C1CCCCC1)[CH-]N2C1CCCCC1.c1ccc2c(c1)N(C1CCCCC1)[CH-]N2C1CCCCC1.c1ccc2c(c1)[n-]c1ccccc12.c1ccc2c(c1)[n-]c1ccccc12. The Kier molecular flexibility index (Phi) is 23.8. The van der Waals surface area contributed by atoms with Crippen LogP contribution in [0.5, 0.6) is 0 Å². The average molecular weight is 1160 g/mol. The van der Waals surface area contributed by atoms with Crippen LogP contribution < -0.4 is 59.1 Å². The van der Waals surface area contributed by atoms with Crippen LogP contribution in [-0.4, -0.2) is 37.4 Å². The van der Waals surface area contributed by atoms with Crippen LogP contribution in [0.4, 0.5) is 22.7 Å². The molecule has 8 aromatic rings. The summed E-state index contributed by atoms with van der Waals surface area (Å²) in [6.07, 6.45) is 30.4. The van der Waals surface area contributed by atoms with Crippen LogP contribution in [0.15, 0.2) is 146 Å². The van der Waals surface area contributed by atoms with Gasteiger partial charge in [-0.05, 0) is 110 Å². The van der Waals surface area contributed by atoms with Gasteiger partial charge in [-0.2, -0.15) is 13.3 Å². The molecule has 6 aromatic carbocycles. The van der Waals surface area contributed by atoms with Crippen LogP contribution in [0.1, 0.15) is 141 Å². The Morgan fingerprint density at radius 2 is 0.558 bits per heavy atom. The number of hydrogen-bond acceptors (Lipinski definition) is 5. The molecule has 0 unspecified atom stereocenters. The quantitative estimate of drug-likeness (QED) is 0.129. The molecule has 408 valence electrons.